The minimum absolute atomic E-state index is 0.179. The largest absolute Gasteiger partial charge is 0.490 e. The van der Waals surface area contributed by atoms with E-state index in [1.165, 1.54) is 17.4 Å². The van der Waals surface area contributed by atoms with E-state index in [0.29, 0.717) is 19.8 Å². The van der Waals surface area contributed by atoms with Crippen LogP contribution in [0.1, 0.15) is 37.8 Å². The van der Waals surface area contributed by atoms with Crippen LogP contribution in [-0.4, -0.2) is 38.1 Å². The third kappa shape index (κ3) is 3.97. The number of carbonyl (C=O) groups excluding carboxylic acids is 2. The van der Waals surface area contributed by atoms with E-state index < -0.39 is 0 Å². The van der Waals surface area contributed by atoms with Crippen LogP contribution in [0.5, 0.6) is 11.5 Å². The zero-order valence-corrected chi connectivity index (χ0v) is 13.9. The molecule has 1 aromatic rings. The third-order valence-electron chi connectivity index (χ3n) is 4.42. The van der Waals surface area contributed by atoms with Crippen LogP contribution in [0, 0.1) is 0 Å². The summed E-state index contributed by atoms with van der Waals surface area (Å²) in [6.45, 7) is 3.98. The summed E-state index contributed by atoms with van der Waals surface area (Å²) >= 11 is 0. The lowest BCUT2D eigenvalue weighted by Gasteiger charge is -2.22. The average molecular weight is 334 g/mol. The number of quaternary nitrogens is 1. The maximum atomic E-state index is 12.0. The Balaban J connectivity index is 1.68. The van der Waals surface area contributed by atoms with Crippen molar-refractivity contribution in [1.82, 2.24) is 10.9 Å². The Hall–Kier alpha value is -2.28. The molecule has 130 valence electrons. The molecule has 1 saturated heterocycles. The maximum absolute atomic E-state index is 12.0. The van der Waals surface area contributed by atoms with Gasteiger partial charge in [0.15, 0.2) is 18.0 Å². The topological polar surface area (TPSA) is 81.1 Å². The summed E-state index contributed by atoms with van der Waals surface area (Å²) in [5.41, 5.74) is 5.93. The van der Waals surface area contributed by atoms with Gasteiger partial charge in [0.2, 0.25) is 5.91 Å². The molecule has 7 heteroatoms. The fourth-order valence-electron chi connectivity index (χ4n) is 3.33. The highest BCUT2D eigenvalue weighted by Gasteiger charge is 2.32. The van der Waals surface area contributed by atoms with Crippen molar-refractivity contribution in [2.75, 3.05) is 26.3 Å². The van der Waals surface area contributed by atoms with Crippen molar-refractivity contribution in [2.24, 2.45) is 0 Å². The molecular weight excluding hydrogens is 310 g/mol. The molecule has 0 aliphatic carbocycles. The molecule has 2 aliphatic rings. The first-order valence-electron chi connectivity index (χ1n) is 8.43. The Labute approximate surface area is 141 Å². The van der Waals surface area contributed by atoms with Crippen molar-refractivity contribution in [2.45, 2.75) is 32.2 Å². The molecule has 2 amide bonds. The second kappa shape index (κ2) is 7.53. The van der Waals surface area contributed by atoms with Gasteiger partial charge in [0.1, 0.15) is 6.04 Å². The average Bonchev–Trinajstić information content (AvgIpc) is 2.88. The summed E-state index contributed by atoms with van der Waals surface area (Å²) in [5.74, 6) is 1.12. The Kier molecular flexibility index (Phi) is 5.20. The van der Waals surface area contributed by atoms with Gasteiger partial charge in [0.05, 0.1) is 19.8 Å². The predicted molar refractivity (Wildman–Crippen MR) is 86.7 cm³/mol. The molecule has 0 bridgehead atoms. The first kappa shape index (κ1) is 16.6. The minimum Gasteiger partial charge on any atom is -0.490 e. The Morgan fingerprint density at radius 3 is 2.75 bits per heavy atom. The highest BCUT2D eigenvalue weighted by molar-refractivity contribution is 5.81. The standard InChI is InChI=1S/C17H23N3O4/c1-12(21)18-19-17(22)11-20-7-2-4-14(20)13-5-6-15-16(10-13)24-9-3-8-23-15/h5-6,10,14H,2-4,7-9,11H2,1H3,(H,18,21)(H,19,22)/p+1/t14-/m0/s1. The molecule has 2 aliphatic heterocycles. The van der Waals surface area contributed by atoms with Gasteiger partial charge in [-0.2, -0.15) is 0 Å². The summed E-state index contributed by atoms with van der Waals surface area (Å²) < 4.78 is 11.4. The number of benzene rings is 1. The van der Waals surface area contributed by atoms with Crippen molar-refractivity contribution < 1.29 is 24.0 Å². The normalized spacial score (nSPS) is 22.5. The van der Waals surface area contributed by atoms with E-state index in [4.69, 9.17) is 9.47 Å². The smallest absolute Gasteiger partial charge is 0.293 e. The number of ether oxygens (including phenoxy) is 2. The Morgan fingerprint density at radius 2 is 1.96 bits per heavy atom. The zero-order valence-electron chi connectivity index (χ0n) is 13.9. The lowest BCUT2D eigenvalue weighted by Crippen LogP contribution is -3.11. The quantitative estimate of drug-likeness (QED) is 0.665. The van der Waals surface area contributed by atoms with E-state index in [-0.39, 0.29) is 17.9 Å². The summed E-state index contributed by atoms with van der Waals surface area (Å²) in [6.07, 6.45) is 2.98. The zero-order chi connectivity index (χ0) is 16.9. The van der Waals surface area contributed by atoms with Crippen LogP contribution < -0.4 is 25.2 Å². The van der Waals surface area contributed by atoms with Gasteiger partial charge < -0.3 is 14.4 Å². The van der Waals surface area contributed by atoms with Crippen molar-refractivity contribution >= 4 is 11.8 Å². The molecular formula is C17H24N3O4+. The van der Waals surface area contributed by atoms with Crippen molar-refractivity contribution in [3.63, 3.8) is 0 Å². The summed E-state index contributed by atoms with van der Waals surface area (Å²) in [7, 11) is 0. The van der Waals surface area contributed by atoms with Crippen LogP contribution in [0.4, 0.5) is 0 Å². The molecule has 0 spiro atoms. The number of nitrogens with one attached hydrogen (secondary N) is 3. The summed E-state index contributed by atoms with van der Waals surface area (Å²) in [4.78, 5) is 24.0. The van der Waals surface area contributed by atoms with E-state index in [1.807, 2.05) is 12.1 Å². The van der Waals surface area contributed by atoms with Gasteiger partial charge in [0, 0.05) is 31.7 Å². The second-order valence-electron chi connectivity index (χ2n) is 6.27. The SMILES string of the molecule is CC(=O)NNC(=O)C[NH+]1CCC[C@H]1c1ccc2c(c1)OCCCO2. The lowest BCUT2D eigenvalue weighted by molar-refractivity contribution is -0.910. The van der Waals surface area contributed by atoms with Crippen molar-refractivity contribution in [1.29, 1.82) is 0 Å². The molecule has 7 nitrogen and oxygen atoms in total. The third-order valence-corrected chi connectivity index (χ3v) is 4.42. The molecule has 1 fully saturated rings. The summed E-state index contributed by atoms with van der Waals surface area (Å²) in [6, 6.07) is 6.33. The van der Waals surface area contributed by atoms with Gasteiger partial charge in [-0.25, -0.2) is 0 Å². The van der Waals surface area contributed by atoms with E-state index in [0.717, 1.165) is 37.3 Å². The van der Waals surface area contributed by atoms with Crippen LogP contribution in [0.25, 0.3) is 0 Å². The molecule has 0 radical (unpaired) electrons. The number of hydrogen-bond donors (Lipinski definition) is 3. The summed E-state index contributed by atoms with van der Waals surface area (Å²) in [5, 5.41) is 0. The highest BCUT2D eigenvalue weighted by Crippen LogP contribution is 2.33. The number of rotatable bonds is 3. The van der Waals surface area contributed by atoms with E-state index >= 15 is 0 Å². The van der Waals surface area contributed by atoms with Gasteiger partial charge in [-0.15, -0.1) is 0 Å². The van der Waals surface area contributed by atoms with Crippen LogP contribution >= 0.6 is 0 Å². The van der Waals surface area contributed by atoms with Crippen LogP contribution in [0.15, 0.2) is 18.2 Å². The predicted octanol–water partition coefficient (Wildman–Crippen LogP) is -0.265. The number of hydrazine groups is 1. The number of hydrogen-bond acceptors (Lipinski definition) is 4. The van der Waals surface area contributed by atoms with Crippen LogP contribution in [0.2, 0.25) is 0 Å². The first-order chi connectivity index (χ1) is 11.6. The Bertz CT molecular complexity index is 620. The number of fused-ring (bicyclic) bond motifs is 1. The highest BCUT2D eigenvalue weighted by atomic mass is 16.5. The molecule has 0 saturated carbocycles. The molecule has 1 unspecified atom stereocenters. The second-order valence-corrected chi connectivity index (χ2v) is 6.27. The molecule has 0 aromatic heterocycles. The van der Waals surface area contributed by atoms with Gasteiger partial charge in [-0.05, 0) is 18.2 Å². The molecule has 2 atom stereocenters. The first-order valence-corrected chi connectivity index (χ1v) is 8.43. The molecule has 1 aromatic carbocycles. The van der Waals surface area contributed by atoms with Gasteiger partial charge in [0.25, 0.3) is 5.91 Å². The van der Waals surface area contributed by atoms with Crippen molar-refractivity contribution in [3.8, 4) is 11.5 Å². The molecule has 3 N–H and O–H groups in total. The van der Waals surface area contributed by atoms with Crippen LogP contribution in [-0.2, 0) is 9.59 Å². The molecule has 3 rings (SSSR count). The number of carbonyl (C=O) groups is 2. The number of amides is 2. The van der Waals surface area contributed by atoms with Crippen LogP contribution in [0.3, 0.4) is 0 Å². The minimum atomic E-state index is -0.278. The van der Waals surface area contributed by atoms with E-state index in [9.17, 15) is 9.59 Å². The lowest BCUT2D eigenvalue weighted by atomic mass is 10.0. The maximum Gasteiger partial charge on any atom is 0.293 e. The fourth-order valence-corrected chi connectivity index (χ4v) is 3.33. The fraction of sp³-hybridized carbons (Fsp3) is 0.529. The van der Waals surface area contributed by atoms with Gasteiger partial charge >= 0.3 is 0 Å². The van der Waals surface area contributed by atoms with Gasteiger partial charge in [-0.1, -0.05) is 0 Å². The molecule has 2 heterocycles. The van der Waals surface area contributed by atoms with E-state index in [2.05, 4.69) is 16.9 Å². The monoisotopic (exact) mass is 334 g/mol. The van der Waals surface area contributed by atoms with Crippen molar-refractivity contribution in [3.05, 3.63) is 23.8 Å². The number of likely N-dealkylation sites (tertiary alicyclic amines) is 1. The van der Waals surface area contributed by atoms with Gasteiger partial charge in [-0.3, -0.25) is 20.4 Å². The molecule has 24 heavy (non-hydrogen) atoms. The Morgan fingerprint density at radius 1 is 1.17 bits per heavy atom. The van der Waals surface area contributed by atoms with E-state index in [1.54, 1.807) is 0 Å².